The highest BCUT2D eigenvalue weighted by Gasteiger charge is 2.32. The summed E-state index contributed by atoms with van der Waals surface area (Å²) in [5.41, 5.74) is 5.44. The summed E-state index contributed by atoms with van der Waals surface area (Å²) in [4.78, 5) is 26.8. The van der Waals surface area contributed by atoms with E-state index in [0.29, 0.717) is 37.2 Å². The second-order valence-corrected chi connectivity index (χ2v) is 11.3. The van der Waals surface area contributed by atoms with Gasteiger partial charge in [-0.3, -0.25) is 9.59 Å². The summed E-state index contributed by atoms with van der Waals surface area (Å²) in [6.07, 6.45) is 1.13. The van der Waals surface area contributed by atoms with Crippen molar-refractivity contribution >= 4 is 17.4 Å². The minimum Gasteiger partial charge on any atom is -0.352 e. The second-order valence-electron chi connectivity index (χ2n) is 11.3. The highest BCUT2D eigenvalue weighted by molar-refractivity contribution is 6.12. The zero-order valence-electron chi connectivity index (χ0n) is 25.0. The van der Waals surface area contributed by atoms with Crippen molar-refractivity contribution < 1.29 is 23.5 Å². The normalized spacial score (nSPS) is 16.9. The number of amides is 1. The van der Waals surface area contributed by atoms with Crippen molar-refractivity contribution in [2.24, 2.45) is 0 Å². The number of nitrogens with one attached hydrogen (secondary N) is 1. The zero-order chi connectivity index (χ0) is 30.3. The smallest absolute Gasteiger partial charge is 0.258 e. The molecule has 7 heteroatoms. The Bertz CT molecular complexity index is 1530. The molecule has 0 radical (unpaired) electrons. The Morgan fingerprint density at radius 3 is 2.30 bits per heavy atom. The van der Waals surface area contributed by atoms with Gasteiger partial charge < -0.3 is 19.4 Å². The van der Waals surface area contributed by atoms with Crippen LogP contribution in [0.25, 0.3) is 22.4 Å². The van der Waals surface area contributed by atoms with E-state index in [1.807, 2.05) is 67.6 Å². The zero-order valence-corrected chi connectivity index (χ0v) is 25.0. The van der Waals surface area contributed by atoms with Crippen molar-refractivity contribution in [2.75, 3.05) is 11.9 Å². The van der Waals surface area contributed by atoms with Gasteiger partial charge in [-0.15, -0.1) is 0 Å². The standard InChI is InChI=1S/C36H39FN2O4/c1-4-21-42-31-23-29(40)22-30(43-31)19-20-39-34(24(2)3)33(36(41)38-28-13-9-6-10-14-28)32(25-11-7-5-8-12-25)35(39)26-15-17-27(37)18-16-26/h5-18,24,30-31H,4,19-23H2,1-3H3,(H,38,41)/t30-,31?/m1/s1. The van der Waals surface area contributed by atoms with E-state index in [1.165, 1.54) is 12.1 Å². The van der Waals surface area contributed by atoms with E-state index >= 15 is 0 Å². The van der Waals surface area contributed by atoms with Crippen LogP contribution in [0.5, 0.6) is 0 Å². The molecular formula is C36H39FN2O4. The number of aromatic nitrogens is 1. The second kappa shape index (κ2) is 13.9. The molecule has 1 N–H and O–H groups in total. The minimum absolute atomic E-state index is 0.0253. The first-order valence-corrected chi connectivity index (χ1v) is 15.1. The number of nitrogens with zero attached hydrogens (tertiary/aromatic N) is 1. The number of hydrogen-bond donors (Lipinski definition) is 1. The lowest BCUT2D eigenvalue weighted by Gasteiger charge is -2.30. The molecule has 1 unspecified atom stereocenters. The molecule has 1 saturated heterocycles. The Kier molecular flexibility index (Phi) is 9.85. The Morgan fingerprint density at radius 2 is 1.65 bits per heavy atom. The van der Waals surface area contributed by atoms with Gasteiger partial charge in [0, 0.05) is 36.5 Å². The summed E-state index contributed by atoms with van der Waals surface area (Å²) in [6, 6.07) is 25.6. The Labute approximate surface area is 252 Å². The number of hydrogen-bond acceptors (Lipinski definition) is 4. The third-order valence-corrected chi connectivity index (χ3v) is 7.67. The van der Waals surface area contributed by atoms with E-state index < -0.39 is 6.29 Å². The van der Waals surface area contributed by atoms with Crippen molar-refractivity contribution in [2.45, 2.75) is 71.3 Å². The monoisotopic (exact) mass is 582 g/mol. The number of anilines is 1. The van der Waals surface area contributed by atoms with Crippen molar-refractivity contribution in [3.8, 4) is 22.4 Å². The van der Waals surface area contributed by atoms with Gasteiger partial charge in [0.2, 0.25) is 0 Å². The molecule has 0 spiro atoms. The molecule has 1 aromatic heterocycles. The summed E-state index contributed by atoms with van der Waals surface area (Å²) in [5, 5.41) is 3.10. The highest BCUT2D eigenvalue weighted by Crippen LogP contribution is 2.43. The van der Waals surface area contributed by atoms with E-state index in [-0.39, 0.29) is 36.0 Å². The fourth-order valence-electron chi connectivity index (χ4n) is 5.83. The summed E-state index contributed by atoms with van der Waals surface area (Å²) in [5.74, 6) is -0.446. The maximum Gasteiger partial charge on any atom is 0.258 e. The van der Waals surface area contributed by atoms with Crippen LogP contribution in [0, 0.1) is 5.82 Å². The van der Waals surface area contributed by atoms with Crippen LogP contribution in [0.15, 0.2) is 84.9 Å². The molecule has 43 heavy (non-hydrogen) atoms. The Balaban J connectivity index is 1.64. The first-order chi connectivity index (χ1) is 20.9. The molecule has 4 aromatic rings. The molecule has 224 valence electrons. The Hall–Kier alpha value is -4.07. The van der Waals surface area contributed by atoms with E-state index in [4.69, 9.17) is 9.47 Å². The van der Waals surface area contributed by atoms with Gasteiger partial charge in [0.25, 0.3) is 5.91 Å². The molecule has 1 amide bonds. The van der Waals surface area contributed by atoms with Gasteiger partial charge in [0.15, 0.2) is 6.29 Å². The maximum atomic E-state index is 14.2. The van der Waals surface area contributed by atoms with Crippen LogP contribution in [0.4, 0.5) is 10.1 Å². The lowest BCUT2D eigenvalue weighted by Crippen LogP contribution is -2.35. The van der Waals surface area contributed by atoms with Gasteiger partial charge in [0.05, 0.1) is 23.8 Å². The van der Waals surface area contributed by atoms with Gasteiger partial charge in [-0.05, 0) is 66.3 Å². The molecule has 6 nitrogen and oxygen atoms in total. The van der Waals surface area contributed by atoms with Crippen LogP contribution in [0.2, 0.25) is 0 Å². The van der Waals surface area contributed by atoms with Crippen LogP contribution in [-0.4, -0.2) is 35.3 Å². The van der Waals surface area contributed by atoms with E-state index in [1.54, 1.807) is 12.1 Å². The number of halogens is 1. The lowest BCUT2D eigenvalue weighted by atomic mass is 9.94. The molecule has 0 aliphatic carbocycles. The van der Waals surface area contributed by atoms with Crippen molar-refractivity contribution in [1.29, 1.82) is 0 Å². The molecular weight excluding hydrogens is 543 g/mol. The number of benzene rings is 3. The van der Waals surface area contributed by atoms with Crippen LogP contribution in [-0.2, 0) is 20.8 Å². The largest absolute Gasteiger partial charge is 0.352 e. The van der Waals surface area contributed by atoms with Gasteiger partial charge in [-0.2, -0.15) is 0 Å². The average Bonchev–Trinajstić information content (AvgIpc) is 3.36. The first kappa shape index (κ1) is 30.4. The van der Waals surface area contributed by atoms with Crippen molar-refractivity contribution in [3.63, 3.8) is 0 Å². The molecule has 1 fully saturated rings. The van der Waals surface area contributed by atoms with Crippen LogP contribution < -0.4 is 5.32 Å². The molecule has 5 rings (SSSR count). The average molecular weight is 583 g/mol. The van der Waals surface area contributed by atoms with Crippen LogP contribution >= 0.6 is 0 Å². The van der Waals surface area contributed by atoms with Crippen molar-refractivity contribution in [1.82, 2.24) is 4.57 Å². The predicted octanol–water partition coefficient (Wildman–Crippen LogP) is 8.23. The third kappa shape index (κ3) is 7.12. The Morgan fingerprint density at radius 1 is 0.977 bits per heavy atom. The number of carbonyl (C=O) groups excluding carboxylic acids is 2. The molecule has 1 aliphatic rings. The van der Waals surface area contributed by atoms with Crippen LogP contribution in [0.1, 0.15) is 68.4 Å². The van der Waals surface area contributed by atoms with Gasteiger partial charge in [0.1, 0.15) is 11.6 Å². The summed E-state index contributed by atoms with van der Waals surface area (Å²) < 4.78 is 28.3. The molecule has 0 saturated carbocycles. The van der Waals surface area contributed by atoms with Gasteiger partial charge in [-0.25, -0.2) is 4.39 Å². The predicted molar refractivity (Wildman–Crippen MR) is 168 cm³/mol. The van der Waals surface area contributed by atoms with Gasteiger partial charge >= 0.3 is 0 Å². The number of ether oxygens (including phenoxy) is 2. The topological polar surface area (TPSA) is 69.6 Å². The summed E-state index contributed by atoms with van der Waals surface area (Å²) in [7, 11) is 0. The summed E-state index contributed by atoms with van der Waals surface area (Å²) in [6.45, 7) is 7.20. The quantitative estimate of drug-likeness (QED) is 0.193. The number of carbonyl (C=O) groups is 2. The lowest BCUT2D eigenvalue weighted by molar-refractivity contribution is -0.195. The third-order valence-electron chi connectivity index (χ3n) is 7.67. The minimum atomic E-state index is -0.538. The number of rotatable bonds is 11. The molecule has 2 heterocycles. The van der Waals surface area contributed by atoms with Crippen LogP contribution in [0.3, 0.4) is 0 Å². The molecule has 2 atom stereocenters. The maximum absolute atomic E-state index is 14.2. The number of Topliss-reactive ketones (excluding diaryl/α,β-unsaturated/α-hetero) is 1. The first-order valence-electron chi connectivity index (χ1n) is 15.1. The van der Waals surface area contributed by atoms with Gasteiger partial charge in [-0.1, -0.05) is 69.3 Å². The fourth-order valence-corrected chi connectivity index (χ4v) is 5.83. The number of para-hydroxylation sites is 1. The fraction of sp³-hybridized carbons (Fsp3) is 0.333. The summed E-state index contributed by atoms with van der Waals surface area (Å²) >= 11 is 0. The highest BCUT2D eigenvalue weighted by atomic mass is 19.1. The van der Waals surface area contributed by atoms with E-state index in [2.05, 4.69) is 23.7 Å². The number of ketones is 1. The molecule has 3 aromatic carbocycles. The van der Waals surface area contributed by atoms with E-state index in [0.717, 1.165) is 34.5 Å². The molecule has 1 aliphatic heterocycles. The van der Waals surface area contributed by atoms with Crippen molar-refractivity contribution in [3.05, 3.63) is 102 Å². The SMILES string of the molecule is CCCOC1CC(=O)C[C@@H](CCn2c(-c3ccc(F)cc3)c(-c3ccccc3)c(C(=O)Nc3ccccc3)c2C(C)C)O1. The van der Waals surface area contributed by atoms with E-state index in [9.17, 15) is 14.0 Å². The molecule has 0 bridgehead atoms.